The Bertz CT molecular complexity index is 402. The van der Waals surface area contributed by atoms with Crippen LogP contribution < -0.4 is 4.74 Å². The van der Waals surface area contributed by atoms with E-state index in [9.17, 15) is 18.0 Å². The summed E-state index contributed by atoms with van der Waals surface area (Å²) >= 11 is 0. The second-order valence-corrected chi connectivity index (χ2v) is 3.16. The molecule has 0 radical (unpaired) electrons. The quantitative estimate of drug-likeness (QED) is 0.744. The van der Waals surface area contributed by atoms with Gasteiger partial charge in [-0.05, 0) is 19.9 Å². The van der Waals surface area contributed by atoms with E-state index in [1.165, 1.54) is 0 Å². The van der Waals surface area contributed by atoms with Crippen LogP contribution >= 0.6 is 0 Å². The Morgan fingerprint density at radius 2 is 2.06 bits per heavy atom. The van der Waals surface area contributed by atoms with Gasteiger partial charge in [0.05, 0.1) is 17.7 Å². The molecule has 0 N–H and O–H groups in total. The largest absolute Gasteiger partial charge is 0.493 e. The van der Waals surface area contributed by atoms with Gasteiger partial charge in [-0.2, -0.15) is 0 Å². The van der Waals surface area contributed by atoms with Crippen LogP contribution in [-0.4, -0.2) is 12.4 Å². The van der Waals surface area contributed by atoms with Gasteiger partial charge in [-0.25, -0.2) is 13.2 Å². The molecule has 5 heteroatoms. The number of benzene rings is 1. The summed E-state index contributed by atoms with van der Waals surface area (Å²) < 4.78 is 43.4. The second-order valence-electron chi connectivity index (χ2n) is 3.16. The van der Waals surface area contributed by atoms with E-state index in [1.807, 2.05) is 0 Å². The molecule has 0 saturated carbocycles. The van der Waals surface area contributed by atoms with Crippen molar-refractivity contribution in [1.82, 2.24) is 0 Å². The molecule has 0 aliphatic rings. The summed E-state index contributed by atoms with van der Waals surface area (Å²) in [6, 6.07) is 1.66. The first-order chi connectivity index (χ1) is 7.47. The fourth-order valence-corrected chi connectivity index (χ4v) is 1.29. The molecular weight excluding hydrogens is 221 g/mol. The van der Waals surface area contributed by atoms with Gasteiger partial charge >= 0.3 is 0 Å². The summed E-state index contributed by atoms with van der Waals surface area (Å²) in [6.45, 7) is 2.87. The minimum Gasteiger partial charge on any atom is -0.493 e. The molecule has 16 heavy (non-hydrogen) atoms. The Morgan fingerprint density at radius 3 is 2.50 bits per heavy atom. The predicted octanol–water partition coefficient (Wildman–Crippen LogP) is 3.36. The Kier molecular flexibility index (Phi) is 3.93. The molecule has 1 rings (SSSR count). The molecule has 0 bridgehead atoms. The molecule has 0 fully saturated rings. The van der Waals surface area contributed by atoms with Crippen molar-refractivity contribution in [2.24, 2.45) is 0 Å². The first-order valence-corrected chi connectivity index (χ1v) is 4.72. The lowest BCUT2D eigenvalue weighted by atomic mass is 10.1. The molecular formula is C11H11F3O2. The van der Waals surface area contributed by atoms with Crippen molar-refractivity contribution in [2.75, 3.05) is 6.61 Å². The lowest BCUT2D eigenvalue weighted by molar-refractivity contribution is 0.101. The van der Waals surface area contributed by atoms with Crippen molar-refractivity contribution >= 4 is 5.78 Å². The van der Waals surface area contributed by atoms with Crippen LogP contribution in [0.5, 0.6) is 5.75 Å². The molecule has 0 heterocycles. The minimum atomic E-state index is -2.81. The van der Waals surface area contributed by atoms with E-state index >= 15 is 0 Å². The Hall–Kier alpha value is -1.52. The normalized spacial score (nSPS) is 10.6. The van der Waals surface area contributed by atoms with Gasteiger partial charge in [0.2, 0.25) is 0 Å². The fourth-order valence-electron chi connectivity index (χ4n) is 1.29. The van der Waals surface area contributed by atoms with Gasteiger partial charge in [0, 0.05) is 6.07 Å². The maximum Gasteiger partial charge on any atom is 0.267 e. The van der Waals surface area contributed by atoms with Crippen LogP contribution in [0.25, 0.3) is 0 Å². The van der Waals surface area contributed by atoms with Crippen LogP contribution in [0.15, 0.2) is 12.1 Å². The van der Waals surface area contributed by atoms with E-state index in [0.717, 1.165) is 19.1 Å². The zero-order chi connectivity index (χ0) is 12.3. The van der Waals surface area contributed by atoms with Gasteiger partial charge in [-0.3, -0.25) is 4.79 Å². The van der Waals surface area contributed by atoms with Crippen molar-refractivity contribution < 1.29 is 22.7 Å². The number of carbonyl (C=O) groups excluding carboxylic acids is 1. The highest BCUT2D eigenvalue weighted by molar-refractivity contribution is 5.94. The molecule has 0 spiro atoms. The summed E-state index contributed by atoms with van der Waals surface area (Å²) in [5, 5.41) is 0. The molecule has 0 unspecified atom stereocenters. The number of ether oxygens (including phenoxy) is 1. The summed E-state index contributed by atoms with van der Waals surface area (Å²) in [5.41, 5.74) is -0.813. The summed E-state index contributed by atoms with van der Waals surface area (Å²) in [5.74, 6) is -1.66. The summed E-state index contributed by atoms with van der Waals surface area (Å²) in [4.78, 5) is 11.0. The van der Waals surface area contributed by atoms with Crippen LogP contribution in [0.3, 0.4) is 0 Å². The number of halogens is 3. The first-order valence-electron chi connectivity index (χ1n) is 4.72. The number of alkyl halides is 2. The molecule has 1 aromatic carbocycles. The Balaban J connectivity index is 3.31. The molecule has 1 aromatic rings. The van der Waals surface area contributed by atoms with E-state index in [4.69, 9.17) is 4.74 Å². The van der Waals surface area contributed by atoms with Gasteiger partial charge < -0.3 is 4.74 Å². The third-order valence-electron chi connectivity index (χ3n) is 2.01. The highest BCUT2D eigenvalue weighted by Gasteiger charge is 2.19. The lowest BCUT2D eigenvalue weighted by Crippen LogP contribution is -2.03. The van der Waals surface area contributed by atoms with Crippen LogP contribution in [0, 0.1) is 5.82 Å². The highest BCUT2D eigenvalue weighted by Crippen LogP contribution is 2.31. The Morgan fingerprint density at radius 1 is 1.44 bits per heavy atom. The summed E-state index contributed by atoms with van der Waals surface area (Å²) in [7, 11) is 0. The van der Waals surface area contributed by atoms with Crippen LogP contribution in [-0.2, 0) is 0 Å². The average molecular weight is 232 g/mol. The number of ketones is 1. The van der Waals surface area contributed by atoms with Crippen LogP contribution in [0.1, 0.15) is 36.2 Å². The Labute approximate surface area is 91.0 Å². The second kappa shape index (κ2) is 5.01. The number of carbonyl (C=O) groups is 1. The number of Topliss-reactive ketones (excluding diaryl/α,β-unsaturated/α-hetero) is 1. The monoisotopic (exact) mass is 232 g/mol. The maximum atomic E-state index is 13.3. The molecule has 88 valence electrons. The third kappa shape index (κ3) is 2.53. The van der Waals surface area contributed by atoms with Crippen molar-refractivity contribution in [2.45, 2.75) is 20.3 Å². The number of hydrogen-bond acceptors (Lipinski definition) is 2. The van der Waals surface area contributed by atoms with Gasteiger partial charge in [0.15, 0.2) is 5.78 Å². The number of hydrogen-bond donors (Lipinski definition) is 0. The highest BCUT2D eigenvalue weighted by atomic mass is 19.3. The standard InChI is InChI=1S/C11H11F3O2/c1-3-16-10-5-9(12)7(6(2)15)4-8(10)11(13)14/h4-5,11H,3H2,1-2H3. The van der Waals surface area contributed by atoms with Crippen molar-refractivity contribution in [3.05, 3.63) is 29.1 Å². The molecule has 0 saturated heterocycles. The van der Waals surface area contributed by atoms with Gasteiger partial charge in [-0.15, -0.1) is 0 Å². The number of rotatable bonds is 4. The van der Waals surface area contributed by atoms with Crippen LogP contribution in [0.4, 0.5) is 13.2 Å². The summed E-state index contributed by atoms with van der Waals surface area (Å²) in [6.07, 6.45) is -2.81. The van der Waals surface area contributed by atoms with E-state index in [0.29, 0.717) is 0 Å². The van der Waals surface area contributed by atoms with E-state index in [2.05, 4.69) is 0 Å². The van der Waals surface area contributed by atoms with Gasteiger partial charge in [0.1, 0.15) is 11.6 Å². The molecule has 0 aliphatic heterocycles. The lowest BCUT2D eigenvalue weighted by Gasteiger charge is -2.11. The molecule has 0 aliphatic carbocycles. The molecule has 0 aromatic heterocycles. The minimum absolute atomic E-state index is 0.151. The van der Waals surface area contributed by atoms with Crippen molar-refractivity contribution in [1.29, 1.82) is 0 Å². The smallest absolute Gasteiger partial charge is 0.267 e. The zero-order valence-corrected chi connectivity index (χ0v) is 8.89. The van der Waals surface area contributed by atoms with Gasteiger partial charge in [-0.1, -0.05) is 0 Å². The topological polar surface area (TPSA) is 26.3 Å². The van der Waals surface area contributed by atoms with E-state index < -0.39 is 23.6 Å². The molecule has 2 nitrogen and oxygen atoms in total. The molecule has 0 atom stereocenters. The van der Waals surface area contributed by atoms with E-state index in [-0.39, 0.29) is 17.9 Å². The maximum absolute atomic E-state index is 13.3. The SMILES string of the molecule is CCOc1cc(F)c(C(C)=O)cc1C(F)F. The van der Waals surface area contributed by atoms with Crippen LogP contribution in [0.2, 0.25) is 0 Å². The zero-order valence-electron chi connectivity index (χ0n) is 8.89. The first kappa shape index (κ1) is 12.5. The third-order valence-corrected chi connectivity index (χ3v) is 2.01. The van der Waals surface area contributed by atoms with E-state index in [1.54, 1.807) is 6.92 Å². The molecule has 0 amide bonds. The van der Waals surface area contributed by atoms with Gasteiger partial charge in [0.25, 0.3) is 6.43 Å². The fraction of sp³-hybridized carbons (Fsp3) is 0.364. The van der Waals surface area contributed by atoms with Crippen molar-refractivity contribution in [3.8, 4) is 5.75 Å². The average Bonchev–Trinajstić information content (AvgIpc) is 2.17. The van der Waals surface area contributed by atoms with Crippen molar-refractivity contribution in [3.63, 3.8) is 0 Å². The predicted molar refractivity (Wildman–Crippen MR) is 52.5 cm³/mol.